The van der Waals surface area contributed by atoms with Crippen molar-refractivity contribution in [1.82, 2.24) is 0 Å². The number of hydrogen-bond donors (Lipinski definition) is 1. The lowest BCUT2D eigenvalue weighted by Gasteiger charge is -2.02. The normalized spacial score (nSPS) is 35.3. The van der Waals surface area contributed by atoms with Gasteiger partial charge in [0, 0.05) is 0 Å². The largest absolute Gasteiger partial charge is 0.481 e. The van der Waals surface area contributed by atoms with E-state index in [9.17, 15) is 9.18 Å². The summed E-state index contributed by atoms with van der Waals surface area (Å²) < 4.78 is 11.7. The molecule has 2 nitrogen and oxygen atoms in total. The highest BCUT2D eigenvalue weighted by atomic mass is 19.1. The van der Waals surface area contributed by atoms with Gasteiger partial charge in [0.05, 0.1) is 12.1 Å². The molecule has 1 N–H and O–H groups in total. The molecule has 64 valence electrons. The smallest absolute Gasteiger partial charge is 0.309 e. The van der Waals surface area contributed by atoms with Gasteiger partial charge in [-0.1, -0.05) is 0 Å². The zero-order chi connectivity index (χ0) is 8.48. The van der Waals surface area contributed by atoms with Crippen LogP contribution in [0.25, 0.3) is 0 Å². The van der Waals surface area contributed by atoms with Crippen LogP contribution in [0.4, 0.5) is 4.39 Å². The second-order valence-electron chi connectivity index (χ2n) is 3.45. The van der Waals surface area contributed by atoms with Gasteiger partial charge >= 0.3 is 5.97 Å². The van der Waals surface area contributed by atoms with Crippen molar-refractivity contribution in [2.45, 2.75) is 26.2 Å². The van der Waals surface area contributed by atoms with Crippen LogP contribution in [0.15, 0.2) is 0 Å². The standard InChI is InChI=1S/C8H13FO2/c1-8(7(10)11)5-6(8)3-2-4-9/h6H,2-5H2,1H3,(H,10,11)/t6?,8-/m0/s1. The van der Waals surface area contributed by atoms with Crippen LogP contribution >= 0.6 is 0 Å². The number of halogens is 1. The zero-order valence-corrected chi connectivity index (χ0v) is 6.64. The first-order chi connectivity index (χ1) is 5.11. The molecule has 0 bridgehead atoms. The number of rotatable bonds is 4. The fraction of sp³-hybridized carbons (Fsp3) is 0.875. The van der Waals surface area contributed by atoms with Crippen molar-refractivity contribution in [1.29, 1.82) is 0 Å². The van der Waals surface area contributed by atoms with Crippen LogP contribution in [0.1, 0.15) is 26.2 Å². The molecular formula is C8H13FO2. The summed E-state index contributed by atoms with van der Waals surface area (Å²) in [4.78, 5) is 10.6. The van der Waals surface area contributed by atoms with E-state index in [2.05, 4.69) is 0 Å². The van der Waals surface area contributed by atoms with E-state index < -0.39 is 11.4 Å². The first kappa shape index (κ1) is 8.50. The number of carboxylic acid groups (broad SMARTS) is 1. The summed E-state index contributed by atoms with van der Waals surface area (Å²) in [5, 5.41) is 8.69. The van der Waals surface area contributed by atoms with Crippen LogP contribution in [0.2, 0.25) is 0 Å². The molecule has 1 aliphatic rings. The number of hydrogen-bond acceptors (Lipinski definition) is 1. The summed E-state index contributed by atoms with van der Waals surface area (Å²) in [6.07, 6.45) is 1.95. The third kappa shape index (κ3) is 1.52. The maximum Gasteiger partial charge on any atom is 0.309 e. The third-order valence-electron chi connectivity index (χ3n) is 2.59. The molecule has 0 radical (unpaired) electrons. The summed E-state index contributed by atoms with van der Waals surface area (Å²) in [6, 6.07) is 0. The first-order valence-electron chi connectivity index (χ1n) is 3.90. The Morgan fingerprint density at radius 3 is 2.82 bits per heavy atom. The number of alkyl halides is 1. The van der Waals surface area contributed by atoms with Gasteiger partial charge in [-0.25, -0.2) is 0 Å². The Morgan fingerprint density at radius 1 is 1.82 bits per heavy atom. The van der Waals surface area contributed by atoms with Crippen molar-refractivity contribution in [3.05, 3.63) is 0 Å². The highest BCUT2D eigenvalue weighted by Crippen LogP contribution is 2.54. The highest BCUT2D eigenvalue weighted by molar-refractivity contribution is 5.77. The predicted molar refractivity (Wildman–Crippen MR) is 39.1 cm³/mol. The van der Waals surface area contributed by atoms with Crippen LogP contribution in [0.5, 0.6) is 0 Å². The van der Waals surface area contributed by atoms with Gasteiger partial charge in [-0.15, -0.1) is 0 Å². The van der Waals surface area contributed by atoms with E-state index in [1.807, 2.05) is 0 Å². The van der Waals surface area contributed by atoms with Crippen molar-refractivity contribution in [2.75, 3.05) is 6.67 Å². The van der Waals surface area contributed by atoms with E-state index in [1.165, 1.54) is 0 Å². The van der Waals surface area contributed by atoms with Crippen LogP contribution < -0.4 is 0 Å². The molecule has 1 rings (SSSR count). The van der Waals surface area contributed by atoms with Gasteiger partial charge in [0.25, 0.3) is 0 Å². The van der Waals surface area contributed by atoms with E-state index in [0.717, 1.165) is 12.8 Å². The quantitative estimate of drug-likeness (QED) is 0.681. The van der Waals surface area contributed by atoms with Gasteiger partial charge in [0.2, 0.25) is 0 Å². The predicted octanol–water partition coefficient (Wildman–Crippen LogP) is 1.85. The molecule has 0 aromatic heterocycles. The average Bonchev–Trinajstić information content (AvgIpc) is 2.59. The van der Waals surface area contributed by atoms with Crippen molar-refractivity contribution >= 4 is 5.97 Å². The van der Waals surface area contributed by atoms with Crippen molar-refractivity contribution in [3.63, 3.8) is 0 Å². The van der Waals surface area contributed by atoms with Crippen molar-refractivity contribution < 1.29 is 14.3 Å². The number of carboxylic acids is 1. The lowest BCUT2D eigenvalue weighted by molar-refractivity contribution is -0.143. The summed E-state index contributed by atoms with van der Waals surface area (Å²) in [7, 11) is 0. The van der Waals surface area contributed by atoms with E-state index in [1.54, 1.807) is 6.92 Å². The number of carbonyl (C=O) groups is 1. The Hall–Kier alpha value is -0.600. The zero-order valence-electron chi connectivity index (χ0n) is 6.64. The Kier molecular flexibility index (Phi) is 2.16. The molecule has 0 saturated heterocycles. The van der Waals surface area contributed by atoms with Crippen molar-refractivity contribution in [3.8, 4) is 0 Å². The first-order valence-corrected chi connectivity index (χ1v) is 3.90. The molecule has 0 spiro atoms. The molecule has 0 aliphatic heterocycles. The van der Waals surface area contributed by atoms with E-state index in [4.69, 9.17) is 5.11 Å². The maximum atomic E-state index is 11.7. The fourth-order valence-electron chi connectivity index (χ4n) is 1.46. The van der Waals surface area contributed by atoms with Crippen LogP contribution in [0.3, 0.4) is 0 Å². The van der Waals surface area contributed by atoms with Gasteiger partial charge in [-0.3, -0.25) is 9.18 Å². The van der Waals surface area contributed by atoms with Crippen LogP contribution in [-0.4, -0.2) is 17.8 Å². The van der Waals surface area contributed by atoms with E-state index in [-0.39, 0.29) is 12.6 Å². The van der Waals surface area contributed by atoms with E-state index >= 15 is 0 Å². The molecule has 0 aromatic carbocycles. The molecule has 1 fully saturated rings. The Labute approximate surface area is 65.4 Å². The Morgan fingerprint density at radius 2 is 2.45 bits per heavy atom. The molecule has 3 heteroatoms. The molecule has 11 heavy (non-hydrogen) atoms. The average molecular weight is 160 g/mol. The molecule has 0 amide bonds. The highest BCUT2D eigenvalue weighted by Gasteiger charge is 2.55. The van der Waals surface area contributed by atoms with Crippen LogP contribution in [-0.2, 0) is 4.79 Å². The summed E-state index contributed by atoms with van der Waals surface area (Å²) in [5.41, 5.74) is -0.533. The molecule has 1 saturated carbocycles. The van der Waals surface area contributed by atoms with Gasteiger partial charge in [-0.05, 0) is 32.1 Å². The van der Waals surface area contributed by atoms with Gasteiger partial charge in [-0.2, -0.15) is 0 Å². The van der Waals surface area contributed by atoms with Crippen LogP contribution in [0, 0.1) is 11.3 Å². The third-order valence-corrected chi connectivity index (χ3v) is 2.59. The lowest BCUT2D eigenvalue weighted by Crippen LogP contribution is -2.12. The molecule has 1 aliphatic carbocycles. The molecular weight excluding hydrogens is 147 g/mol. The monoisotopic (exact) mass is 160 g/mol. The van der Waals surface area contributed by atoms with E-state index in [0.29, 0.717) is 6.42 Å². The summed E-state index contributed by atoms with van der Waals surface area (Å²) in [6.45, 7) is 1.41. The number of aliphatic carboxylic acids is 1. The summed E-state index contributed by atoms with van der Waals surface area (Å²) in [5.74, 6) is -0.517. The Balaban J connectivity index is 2.29. The maximum absolute atomic E-state index is 11.7. The molecule has 0 aromatic rings. The molecule has 0 heterocycles. The second kappa shape index (κ2) is 2.80. The van der Waals surface area contributed by atoms with Gasteiger partial charge in [0.1, 0.15) is 0 Å². The van der Waals surface area contributed by atoms with Gasteiger partial charge < -0.3 is 5.11 Å². The lowest BCUT2D eigenvalue weighted by atomic mass is 10.0. The minimum atomic E-state index is -0.735. The second-order valence-corrected chi connectivity index (χ2v) is 3.45. The minimum absolute atomic E-state index is 0.218. The molecule has 1 unspecified atom stereocenters. The fourth-order valence-corrected chi connectivity index (χ4v) is 1.46. The Bertz CT molecular complexity index is 169. The molecule has 2 atom stereocenters. The van der Waals surface area contributed by atoms with Gasteiger partial charge in [0.15, 0.2) is 0 Å². The summed E-state index contributed by atoms with van der Waals surface area (Å²) >= 11 is 0. The topological polar surface area (TPSA) is 37.3 Å². The SMILES string of the molecule is C[C@]1(C(=O)O)CC1CCCF. The van der Waals surface area contributed by atoms with Crippen molar-refractivity contribution in [2.24, 2.45) is 11.3 Å². The minimum Gasteiger partial charge on any atom is -0.481 e.